The zero-order valence-corrected chi connectivity index (χ0v) is 8.84. The molecule has 2 aromatic rings. The number of hydrogen-bond donors (Lipinski definition) is 1. The van der Waals surface area contributed by atoms with Gasteiger partial charge in [-0.05, 0) is 12.5 Å². The highest BCUT2D eigenvalue weighted by atomic mass is 32.1. The molecule has 0 aliphatic carbocycles. The summed E-state index contributed by atoms with van der Waals surface area (Å²) in [5, 5.41) is 0. The van der Waals surface area contributed by atoms with Gasteiger partial charge in [0.1, 0.15) is 0 Å². The maximum Gasteiger partial charge on any atom is 0.0802 e. The van der Waals surface area contributed by atoms with Crippen LogP contribution in [0.25, 0.3) is 10.4 Å². The largest absolute Gasteiger partial charge is 0.325 e. The van der Waals surface area contributed by atoms with Gasteiger partial charge in [-0.3, -0.25) is 0 Å². The average molecular weight is 204 g/mol. The van der Waals surface area contributed by atoms with Gasteiger partial charge in [0.05, 0.1) is 16.1 Å². The number of aryl methyl sites for hydroxylation is 1. The summed E-state index contributed by atoms with van der Waals surface area (Å²) < 4.78 is 0. The summed E-state index contributed by atoms with van der Waals surface area (Å²) in [7, 11) is 0. The maximum absolute atomic E-state index is 5.61. The number of aromatic nitrogens is 1. The third-order valence-electron chi connectivity index (χ3n) is 2.15. The first kappa shape index (κ1) is 9.37. The van der Waals surface area contributed by atoms with Crippen molar-refractivity contribution in [2.75, 3.05) is 0 Å². The highest BCUT2D eigenvalue weighted by Crippen LogP contribution is 2.27. The number of nitrogens with zero attached hydrogens (tertiary/aromatic N) is 1. The minimum Gasteiger partial charge on any atom is -0.325 e. The lowest BCUT2D eigenvalue weighted by molar-refractivity contribution is 1.01. The first-order valence-electron chi connectivity index (χ1n) is 4.50. The average Bonchev–Trinajstić information content (AvgIpc) is 2.67. The van der Waals surface area contributed by atoms with E-state index in [0.29, 0.717) is 6.54 Å². The molecule has 0 aliphatic heterocycles. The van der Waals surface area contributed by atoms with Crippen LogP contribution < -0.4 is 5.73 Å². The Kier molecular flexibility index (Phi) is 2.61. The van der Waals surface area contributed by atoms with E-state index in [9.17, 15) is 0 Å². The quantitative estimate of drug-likeness (QED) is 0.816. The van der Waals surface area contributed by atoms with E-state index in [2.05, 4.69) is 36.2 Å². The summed E-state index contributed by atoms with van der Waals surface area (Å²) >= 11 is 1.64. The molecule has 0 unspecified atom stereocenters. The van der Waals surface area contributed by atoms with Gasteiger partial charge in [-0.2, -0.15) is 0 Å². The fourth-order valence-electron chi connectivity index (χ4n) is 1.35. The molecular weight excluding hydrogens is 192 g/mol. The molecule has 0 spiro atoms. The molecule has 0 saturated heterocycles. The predicted molar refractivity (Wildman–Crippen MR) is 60.2 cm³/mol. The van der Waals surface area contributed by atoms with Crippen LogP contribution in [0.1, 0.15) is 11.3 Å². The molecule has 0 saturated carbocycles. The molecule has 1 heterocycles. The van der Waals surface area contributed by atoms with E-state index in [1.54, 1.807) is 11.3 Å². The molecule has 0 fully saturated rings. The van der Waals surface area contributed by atoms with Crippen molar-refractivity contribution in [1.29, 1.82) is 0 Å². The van der Waals surface area contributed by atoms with E-state index in [1.807, 2.05) is 5.51 Å². The summed E-state index contributed by atoms with van der Waals surface area (Å²) in [5.41, 5.74) is 10.9. The van der Waals surface area contributed by atoms with E-state index in [-0.39, 0.29) is 0 Å². The molecule has 72 valence electrons. The van der Waals surface area contributed by atoms with Gasteiger partial charge >= 0.3 is 0 Å². The molecule has 2 rings (SSSR count). The van der Waals surface area contributed by atoms with Crippen molar-refractivity contribution < 1.29 is 0 Å². The minimum absolute atomic E-state index is 0.507. The van der Waals surface area contributed by atoms with E-state index in [1.165, 1.54) is 16.0 Å². The second kappa shape index (κ2) is 3.90. The standard InChI is InChI=1S/C11H12N2S/c1-8-2-4-9(5-3-8)11-10(6-12)13-7-14-11/h2-5,7H,6,12H2,1H3. The Morgan fingerprint density at radius 2 is 2.00 bits per heavy atom. The van der Waals surface area contributed by atoms with Crippen LogP contribution >= 0.6 is 11.3 Å². The van der Waals surface area contributed by atoms with Gasteiger partial charge in [-0.15, -0.1) is 11.3 Å². The Morgan fingerprint density at radius 3 is 2.64 bits per heavy atom. The SMILES string of the molecule is Cc1ccc(-c2scnc2CN)cc1. The molecule has 2 N–H and O–H groups in total. The summed E-state index contributed by atoms with van der Waals surface area (Å²) in [6.07, 6.45) is 0. The molecular formula is C11H12N2S. The van der Waals surface area contributed by atoms with Crippen LogP contribution in [-0.2, 0) is 6.54 Å². The summed E-state index contributed by atoms with van der Waals surface area (Å²) in [5.74, 6) is 0. The van der Waals surface area contributed by atoms with Crippen LogP contribution in [0.4, 0.5) is 0 Å². The van der Waals surface area contributed by atoms with E-state index in [0.717, 1.165) is 5.69 Å². The van der Waals surface area contributed by atoms with Crippen LogP contribution in [0.3, 0.4) is 0 Å². The minimum atomic E-state index is 0.507. The molecule has 0 aliphatic rings. The highest BCUT2D eigenvalue weighted by Gasteiger charge is 2.05. The summed E-state index contributed by atoms with van der Waals surface area (Å²) in [6, 6.07) is 8.44. The van der Waals surface area contributed by atoms with Crippen molar-refractivity contribution >= 4 is 11.3 Å². The molecule has 3 heteroatoms. The molecule has 0 atom stereocenters. The summed E-state index contributed by atoms with van der Waals surface area (Å²) in [6.45, 7) is 2.59. The Bertz CT molecular complexity index is 417. The fraction of sp³-hybridized carbons (Fsp3) is 0.182. The Morgan fingerprint density at radius 1 is 1.29 bits per heavy atom. The third kappa shape index (κ3) is 1.69. The Hall–Kier alpha value is -1.19. The monoisotopic (exact) mass is 204 g/mol. The van der Waals surface area contributed by atoms with E-state index >= 15 is 0 Å². The topological polar surface area (TPSA) is 38.9 Å². The Labute approximate surface area is 87.4 Å². The highest BCUT2D eigenvalue weighted by molar-refractivity contribution is 7.13. The first-order chi connectivity index (χ1) is 6.81. The lowest BCUT2D eigenvalue weighted by Gasteiger charge is -2.00. The molecule has 14 heavy (non-hydrogen) atoms. The van der Waals surface area contributed by atoms with E-state index < -0.39 is 0 Å². The van der Waals surface area contributed by atoms with Crippen molar-refractivity contribution in [1.82, 2.24) is 4.98 Å². The third-order valence-corrected chi connectivity index (χ3v) is 3.07. The van der Waals surface area contributed by atoms with Gasteiger partial charge in [0.15, 0.2) is 0 Å². The number of rotatable bonds is 2. The number of thiazole rings is 1. The molecule has 1 aromatic heterocycles. The molecule has 1 aromatic carbocycles. The van der Waals surface area contributed by atoms with Crippen LogP contribution in [0.15, 0.2) is 29.8 Å². The van der Waals surface area contributed by atoms with Gasteiger partial charge in [0.25, 0.3) is 0 Å². The zero-order valence-electron chi connectivity index (χ0n) is 8.03. The number of hydrogen-bond acceptors (Lipinski definition) is 3. The van der Waals surface area contributed by atoms with Crippen LogP contribution in [0, 0.1) is 6.92 Å². The van der Waals surface area contributed by atoms with Gasteiger partial charge in [-0.25, -0.2) is 4.98 Å². The molecule has 0 bridgehead atoms. The zero-order chi connectivity index (χ0) is 9.97. The van der Waals surface area contributed by atoms with Gasteiger partial charge in [0, 0.05) is 6.54 Å². The lowest BCUT2D eigenvalue weighted by atomic mass is 10.1. The maximum atomic E-state index is 5.61. The van der Waals surface area contributed by atoms with Crippen molar-refractivity contribution in [2.24, 2.45) is 5.73 Å². The molecule has 0 amide bonds. The molecule has 2 nitrogen and oxygen atoms in total. The van der Waals surface area contributed by atoms with Crippen LogP contribution in [0.2, 0.25) is 0 Å². The summed E-state index contributed by atoms with van der Waals surface area (Å²) in [4.78, 5) is 5.41. The Balaban J connectivity index is 2.44. The van der Waals surface area contributed by atoms with Crippen molar-refractivity contribution in [2.45, 2.75) is 13.5 Å². The number of nitrogens with two attached hydrogens (primary N) is 1. The normalized spacial score (nSPS) is 10.4. The van der Waals surface area contributed by atoms with Gasteiger partial charge < -0.3 is 5.73 Å². The van der Waals surface area contributed by atoms with Crippen molar-refractivity contribution in [3.63, 3.8) is 0 Å². The smallest absolute Gasteiger partial charge is 0.0802 e. The second-order valence-corrected chi connectivity index (χ2v) is 4.05. The fourth-order valence-corrected chi connectivity index (χ4v) is 2.18. The van der Waals surface area contributed by atoms with Crippen LogP contribution in [0.5, 0.6) is 0 Å². The second-order valence-electron chi connectivity index (χ2n) is 3.20. The van der Waals surface area contributed by atoms with Gasteiger partial charge in [-0.1, -0.05) is 29.8 Å². The predicted octanol–water partition coefficient (Wildman–Crippen LogP) is 2.58. The van der Waals surface area contributed by atoms with Crippen LogP contribution in [-0.4, -0.2) is 4.98 Å². The van der Waals surface area contributed by atoms with Crippen molar-refractivity contribution in [3.8, 4) is 10.4 Å². The van der Waals surface area contributed by atoms with E-state index in [4.69, 9.17) is 5.73 Å². The first-order valence-corrected chi connectivity index (χ1v) is 5.38. The van der Waals surface area contributed by atoms with Crippen molar-refractivity contribution in [3.05, 3.63) is 41.0 Å². The molecule has 0 radical (unpaired) electrons. The number of benzene rings is 1. The van der Waals surface area contributed by atoms with Gasteiger partial charge in [0.2, 0.25) is 0 Å². The lowest BCUT2D eigenvalue weighted by Crippen LogP contribution is -1.97.